The van der Waals surface area contributed by atoms with Crippen LogP contribution in [0.2, 0.25) is 0 Å². The maximum atomic E-state index is 12.4. The van der Waals surface area contributed by atoms with Gasteiger partial charge in [-0.3, -0.25) is 4.79 Å². The van der Waals surface area contributed by atoms with Crippen molar-refractivity contribution in [1.29, 1.82) is 0 Å². The fourth-order valence-corrected chi connectivity index (χ4v) is 2.94. The van der Waals surface area contributed by atoms with Crippen LogP contribution in [0.4, 0.5) is 5.69 Å². The van der Waals surface area contributed by atoms with E-state index in [4.69, 9.17) is 9.26 Å². The fraction of sp³-hybridized carbons (Fsp3) is 0.238. The molecule has 1 amide bonds. The van der Waals surface area contributed by atoms with Gasteiger partial charge in [-0.1, -0.05) is 11.2 Å². The third kappa shape index (κ3) is 4.92. The molecule has 0 radical (unpaired) electrons. The van der Waals surface area contributed by atoms with E-state index in [9.17, 15) is 4.79 Å². The van der Waals surface area contributed by atoms with Crippen LogP contribution < -0.4 is 10.1 Å². The molecule has 0 fully saturated rings. The number of benzene rings is 2. The molecule has 0 unspecified atom stereocenters. The van der Waals surface area contributed by atoms with E-state index in [0.29, 0.717) is 30.4 Å². The third-order valence-corrected chi connectivity index (χ3v) is 4.57. The highest BCUT2D eigenvalue weighted by Crippen LogP contribution is 2.21. The van der Waals surface area contributed by atoms with Crippen molar-refractivity contribution in [3.63, 3.8) is 0 Å². The molecule has 2 aromatic heterocycles. The summed E-state index contributed by atoms with van der Waals surface area (Å²) in [6.45, 7) is 4.46. The summed E-state index contributed by atoms with van der Waals surface area (Å²) in [6.07, 6.45) is 2.04. The lowest BCUT2D eigenvalue weighted by molar-refractivity contribution is -0.116. The number of carbonyl (C=O) groups excluding carboxylic acids is 1. The Morgan fingerprint density at radius 3 is 2.77 bits per heavy atom. The highest BCUT2D eigenvalue weighted by molar-refractivity contribution is 5.91. The standard InChI is InChI=1S/C21H21N7O3/c1-3-30-17-8-5-15(6-9-17)21-24-20(31-25-21)11-10-19(29)23-18-12-16(7-4-14(18)2)28-13-22-26-27-28/h4-9,12-13H,3,10-11H2,1-2H3,(H,23,29). The SMILES string of the molecule is CCOc1ccc(-c2noc(CCC(=O)Nc3cc(-n4cnnn4)ccc3C)n2)cc1. The summed E-state index contributed by atoms with van der Waals surface area (Å²) >= 11 is 0. The Bertz CT molecular complexity index is 1150. The average molecular weight is 419 g/mol. The topological polar surface area (TPSA) is 121 Å². The van der Waals surface area contributed by atoms with Gasteiger partial charge in [-0.05, 0) is 66.2 Å². The van der Waals surface area contributed by atoms with Gasteiger partial charge in [0.15, 0.2) is 0 Å². The molecule has 0 aliphatic heterocycles. The molecule has 0 saturated heterocycles. The van der Waals surface area contributed by atoms with E-state index in [2.05, 4.69) is 31.0 Å². The van der Waals surface area contributed by atoms with Gasteiger partial charge in [0.05, 0.1) is 12.3 Å². The minimum atomic E-state index is -0.155. The maximum absolute atomic E-state index is 12.4. The van der Waals surface area contributed by atoms with E-state index in [-0.39, 0.29) is 12.3 Å². The molecule has 4 rings (SSSR count). The van der Waals surface area contributed by atoms with Gasteiger partial charge in [0.1, 0.15) is 12.1 Å². The fourth-order valence-electron chi connectivity index (χ4n) is 2.94. The van der Waals surface area contributed by atoms with Gasteiger partial charge in [0, 0.05) is 24.1 Å². The van der Waals surface area contributed by atoms with Crippen molar-refractivity contribution < 1.29 is 14.1 Å². The van der Waals surface area contributed by atoms with Crippen LogP contribution in [0.1, 0.15) is 24.8 Å². The first-order chi connectivity index (χ1) is 15.1. The second-order valence-electron chi connectivity index (χ2n) is 6.77. The summed E-state index contributed by atoms with van der Waals surface area (Å²) in [7, 11) is 0. The first kappa shape index (κ1) is 20.2. The Balaban J connectivity index is 1.36. The number of nitrogens with zero attached hydrogens (tertiary/aromatic N) is 6. The quantitative estimate of drug-likeness (QED) is 0.463. The number of tetrazole rings is 1. The summed E-state index contributed by atoms with van der Waals surface area (Å²) in [5.74, 6) is 1.51. The van der Waals surface area contributed by atoms with Crippen molar-refractivity contribution in [1.82, 2.24) is 30.3 Å². The van der Waals surface area contributed by atoms with Crippen molar-refractivity contribution in [3.8, 4) is 22.8 Å². The van der Waals surface area contributed by atoms with Crippen LogP contribution in [0.25, 0.3) is 17.1 Å². The number of hydrogen-bond acceptors (Lipinski definition) is 8. The molecule has 1 N–H and O–H groups in total. The Labute approximate surface area is 178 Å². The Hall–Kier alpha value is -4.08. The number of aryl methyl sites for hydroxylation is 2. The molecule has 0 aliphatic rings. The summed E-state index contributed by atoms with van der Waals surface area (Å²) in [4.78, 5) is 16.8. The van der Waals surface area contributed by atoms with Crippen LogP contribution >= 0.6 is 0 Å². The first-order valence-electron chi connectivity index (χ1n) is 9.82. The first-order valence-corrected chi connectivity index (χ1v) is 9.82. The molecular formula is C21H21N7O3. The van der Waals surface area contributed by atoms with Gasteiger partial charge in [-0.15, -0.1) is 5.10 Å². The average Bonchev–Trinajstić information content (AvgIpc) is 3.47. The van der Waals surface area contributed by atoms with E-state index in [0.717, 1.165) is 22.6 Å². The Morgan fingerprint density at radius 1 is 1.19 bits per heavy atom. The molecule has 0 saturated carbocycles. The minimum Gasteiger partial charge on any atom is -0.494 e. The van der Waals surface area contributed by atoms with Crippen molar-refractivity contribution in [3.05, 3.63) is 60.2 Å². The molecule has 2 heterocycles. The summed E-state index contributed by atoms with van der Waals surface area (Å²) in [5.41, 5.74) is 3.19. The van der Waals surface area contributed by atoms with Crippen molar-refractivity contribution in [2.75, 3.05) is 11.9 Å². The number of amides is 1. The summed E-state index contributed by atoms with van der Waals surface area (Å²) < 4.78 is 12.2. The van der Waals surface area contributed by atoms with E-state index in [1.165, 1.54) is 11.0 Å². The largest absolute Gasteiger partial charge is 0.494 e. The number of carbonyl (C=O) groups is 1. The molecular weight excluding hydrogens is 398 g/mol. The zero-order valence-electron chi connectivity index (χ0n) is 17.1. The minimum absolute atomic E-state index is 0.155. The number of hydrogen-bond donors (Lipinski definition) is 1. The second-order valence-corrected chi connectivity index (χ2v) is 6.77. The number of rotatable bonds is 8. The lowest BCUT2D eigenvalue weighted by Crippen LogP contribution is -2.13. The van der Waals surface area contributed by atoms with E-state index in [1.54, 1.807) is 0 Å². The second kappa shape index (κ2) is 9.16. The molecule has 10 nitrogen and oxygen atoms in total. The predicted molar refractivity (Wildman–Crippen MR) is 112 cm³/mol. The highest BCUT2D eigenvalue weighted by atomic mass is 16.5. The van der Waals surface area contributed by atoms with E-state index < -0.39 is 0 Å². The van der Waals surface area contributed by atoms with Crippen LogP contribution in [0.5, 0.6) is 5.75 Å². The number of anilines is 1. The normalized spacial score (nSPS) is 10.8. The molecule has 10 heteroatoms. The van der Waals surface area contributed by atoms with Crippen molar-refractivity contribution in [2.24, 2.45) is 0 Å². The highest BCUT2D eigenvalue weighted by Gasteiger charge is 2.12. The summed E-state index contributed by atoms with van der Waals surface area (Å²) in [5, 5.41) is 18.0. The molecule has 0 spiro atoms. The van der Waals surface area contributed by atoms with Gasteiger partial charge < -0.3 is 14.6 Å². The molecule has 0 atom stereocenters. The summed E-state index contributed by atoms with van der Waals surface area (Å²) in [6, 6.07) is 13.0. The van der Waals surface area contributed by atoms with Crippen LogP contribution in [0.3, 0.4) is 0 Å². The van der Waals surface area contributed by atoms with Gasteiger partial charge in [-0.25, -0.2) is 4.68 Å². The monoisotopic (exact) mass is 419 g/mol. The van der Waals surface area contributed by atoms with Gasteiger partial charge in [0.25, 0.3) is 0 Å². The van der Waals surface area contributed by atoms with E-state index >= 15 is 0 Å². The van der Waals surface area contributed by atoms with Crippen LogP contribution in [-0.4, -0.2) is 42.9 Å². The lowest BCUT2D eigenvalue weighted by Gasteiger charge is -2.10. The number of aromatic nitrogens is 6. The Kier molecular flexibility index (Phi) is 5.97. The molecule has 2 aromatic carbocycles. The van der Waals surface area contributed by atoms with Crippen molar-refractivity contribution >= 4 is 11.6 Å². The smallest absolute Gasteiger partial charge is 0.227 e. The number of ether oxygens (including phenoxy) is 1. The third-order valence-electron chi connectivity index (χ3n) is 4.57. The molecule has 0 aliphatic carbocycles. The molecule has 158 valence electrons. The number of nitrogens with one attached hydrogen (secondary N) is 1. The zero-order valence-corrected chi connectivity index (χ0v) is 17.1. The maximum Gasteiger partial charge on any atom is 0.227 e. The van der Waals surface area contributed by atoms with Gasteiger partial charge >= 0.3 is 0 Å². The van der Waals surface area contributed by atoms with Crippen LogP contribution in [0, 0.1) is 6.92 Å². The molecule has 0 bridgehead atoms. The molecule has 4 aromatic rings. The van der Waals surface area contributed by atoms with Crippen molar-refractivity contribution in [2.45, 2.75) is 26.7 Å². The van der Waals surface area contributed by atoms with Gasteiger partial charge in [0.2, 0.25) is 17.6 Å². The Morgan fingerprint density at radius 2 is 2.03 bits per heavy atom. The van der Waals surface area contributed by atoms with Crippen LogP contribution in [0.15, 0.2) is 53.3 Å². The van der Waals surface area contributed by atoms with Crippen LogP contribution in [-0.2, 0) is 11.2 Å². The van der Waals surface area contributed by atoms with E-state index in [1.807, 2.05) is 56.3 Å². The predicted octanol–water partition coefficient (Wildman–Crippen LogP) is 2.99. The van der Waals surface area contributed by atoms with Gasteiger partial charge in [-0.2, -0.15) is 4.98 Å². The molecule has 31 heavy (non-hydrogen) atoms. The zero-order chi connectivity index (χ0) is 21.6. The lowest BCUT2D eigenvalue weighted by atomic mass is 10.1.